The molecule has 0 saturated heterocycles. The molecule has 0 bridgehead atoms. The number of benzene rings is 1. The molecule has 1 unspecified atom stereocenters. The van der Waals surface area contributed by atoms with E-state index in [-0.39, 0.29) is 11.9 Å². The minimum absolute atomic E-state index is 0.173. The van der Waals surface area contributed by atoms with Gasteiger partial charge in [-0.2, -0.15) is 10.2 Å². The third-order valence-electron chi connectivity index (χ3n) is 4.28. The number of hydrogen-bond acceptors (Lipinski definition) is 3. The Hall–Kier alpha value is -2.31. The van der Waals surface area contributed by atoms with Crippen molar-refractivity contribution in [3.8, 4) is 11.3 Å². The molecule has 6 nitrogen and oxygen atoms in total. The van der Waals surface area contributed by atoms with Crippen LogP contribution in [0.1, 0.15) is 41.6 Å². The maximum Gasteiger partial charge on any atom is 0.269 e. The van der Waals surface area contributed by atoms with Crippen molar-refractivity contribution in [3.05, 3.63) is 57.5 Å². The first kappa shape index (κ1) is 18.5. The molecular formula is C18H19Cl2N5O. The summed E-state index contributed by atoms with van der Waals surface area (Å²) in [6.07, 6.45) is 1.79. The van der Waals surface area contributed by atoms with E-state index in [0.29, 0.717) is 27.0 Å². The third kappa shape index (κ3) is 3.61. The summed E-state index contributed by atoms with van der Waals surface area (Å²) in [5.74, 6) is -0.245. The fraction of sp³-hybridized carbons (Fsp3) is 0.278. The van der Waals surface area contributed by atoms with Gasteiger partial charge in [-0.3, -0.25) is 14.6 Å². The summed E-state index contributed by atoms with van der Waals surface area (Å²) in [4.78, 5) is 12.5. The van der Waals surface area contributed by atoms with Crippen molar-refractivity contribution in [2.45, 2.75) is 33.4 Å². The molecule has 0 aliphatic heterocycles. The zero-order chi connectivity index (χ0) is 18.8. The van der Waals surface area contributed by atoms with Gasteiger partial charge >= 0.3 is 0 Å². The Morgan fingerprint density at radius 3 is 2.77 bits per heavy atom. The molecule has 136 valence electrons. The third-order valence-corrected chi connectivity index (χ3v) is 4.83. The topological polar surface area (TPSA) is 75.6 Å². The van der Waals surface area contributed by atoms with Crippen LogP contribution in [0, 0.1) is 6.92 Å². The van der Waals surface area contributed by atoms with E-state index in [1.807, 2.05) is 25.5 Å². The zero-order valence-electron chi connectivity index (χ0n) is 14.7. The normalized spacial score (nSPS) is 12.2. The number of nitrogens with one attached hydrogen (secondary N) is 2. The first-order valence-electron chi connectivity index (χ1n) is 8.24. The number of aryl methyl sites for hydroxylation is 1. The van der Waals surface area contributed by atoms with Gasteiger partial charge in [0.2, 0.25) is 0 Å². The lowest BCUT2D eigenvalue weighted by Gasteiger charge is -2.13. The predicted octanol–water partition coefficient (Wildman–Crippen LogP) is 4.40. The maximum atomic E-state index is 12.5. The first-order chi connectivity index (χ1) is 12.4. The Bertz CT molecular complexity index is 947. The Balaban J connectivity index is 1.76. The van der Waals surface area contributed by atoms with Gasteiger partial charge in [0.05, 0.1) is 23.0 Å². The summed E-state index contributed by atoms with van der Waals surface area (Å²) in [6, 6.07) is 6.64. The van der Waals surface area contributed by atoms with E-state index in [1.165, 1.54) is 0 Å². The van der Waals surface area contributed by atoms with E-state index < -0.39 is 0 Å². The van der Waals surface area contributed by atoms with Crippen LogP contribution in [0.15, 0.2) is 30.5 Å². The number of aromatic nitrogens is 4. The monoisotopic (exact) mass is 391 g/mol. The van der Waals surface area contributed by atoms with Gasteiger partial charge in [0.25, 0.3) is 5.91 Å². The number of hydrogen-bond donors (Lipinski definition) is 2. The number of H-pyrrole nitrogens is 1. The van der Waals surface area contributed by atoms with Crippen molar-refractivity contribution in [2.75, 3.05) is 0 Å². The maximum absolute atomic E-state index is 12.5. The molecule has 2 N–H and O–H groups in total. The SMILES string of the molecule is CCn1ncc(C(C)NC(=O)c2cc(-c3ccc(Cl)cc3Cl)n[nH]2)c1C. The van der Waals surface area contributed by atoms with E-state index in [2.05, 4.69) is 20.6 Å². The number of nitrogens with zero attached hydrogens (tertiary/aromatic N) is 3. The van der Waals surface area contributed by atoms with Crippen molar-refractivity contribution in [2.24, 2.45) is 0 Å². The second-order valence-electron chi connectivity index (χ2n) is 5.99. The molecule has 0 aliphatic rings. The number of carbonyl (C=O) groups excluding carboxylic acids is 1. The van der Waals surface area contributed by atoms with E-state index in [9.17, 15) is 4.79 Å². The number of aromatic amines is 1. The van der Waals surface area contributed by atoms with Crippen molar-refractivity contribution < 1.29 is 4.79 Å². The summed E-state index contributed by atoms with van der Waals surface area (Å²) < 4.78 is 1.90. The van der Waals surface area contributed by atoms with Gasteiger partial charge in [0.1, 0.15) is 5.69 Å². The van der Waals surface area contributed by atoms with Crippen LogP contribution in [-0.4, -0.2) is 25.9 Å². The van der Waals surface area contributed by atoms with Gasteiger partial charge in [-0.05, 0) is 45.0 Å². The van der Waals surface area contributed by atoms with Crippen LogP contribution in [0.3, 0.4) is 0 Å². The van der Waals surface area contributed by atoms with Crippen LogP contribution in [0.2, 0.25) is 10.0 Å². The standard InChI is InChI=1S/C18H19Cl2N5O/c1-4-25-11(3)14(9-21-25)10(2)22-18(26)17-8-16(23-24-17)13-6-5-12(19)7-15(13)20/h5-10H,4H2,1-3H3,(H,22,26)(H,23,24). The van der Waals surface area contributed by atoms with E-state index >= 15 is 0 Å². The Morgan fingerprint density at radius 1 is 1.35 bits per heavy atom. The molecule has 2 aromatic heterocycles. The van der Waals surface area contributed by atoms with Crippen molar-refractivity contribution >= 4 is 29.1 Å². The summed E-state index contributed by atoms with van der Waals surface area (Å²) in [7, 11) is 0. The Morgan fingerprint density at radius 2 is 2.12 bits per heavy atom. The molecule has 3 rings (SSSR count). The smallest absolute Gasteiger partial charge is 0.269 e. The van der Waals surface area contributed by atoms with Gasteiger partial charge in [-0.15, -0.1) is 0 Å². The van der Waals surface area contributed by atoms with Crippen LogP contribution >= 0.6 is 23.2 Å². The van der Waals surface area contributed by atoms with Crippen LogP contribution < -0.4 is 5.32 Å². The second kappa shape index (κ2) is 7.51. The lowest BCUT2D eigenvalue weighted by molar-refractivity contribution is 0.0934. The molecule has 0 aliphatic carbocycles. The fourth-order valence-corrected chi connectivity index (χ4v) is 3.34. The first-order valence-corrected chi connectivity index (χ1v) is 9.00. The van der Waals surface area contributed by atoms with Gasteiger partial charge in [-0.1, -0.05) is 23.2 Å². The predicted molar refractivity (Wildman–Crippen MR) is 103 cm³/mol. The lowest BCUT2D eigenvalue weighted by Crippen LogP contribution is -2.27. The van der Waals surface area contributed by atoms with Crippen LogP contribution in [0.5, 0.6) is 0 Å². The highest BCUT2D eigenvalue weighted by molar-refractivity contribution is 6.36. The van der Waals surface area contributed by atoms with Crippen LogP contribution in [0.4, 0.5) is 0 Å². The highest BCUT2D eigenvalue weighted by Crippen LogP contribution is 2.29. The molecule has 1 amide bonds. The molecule has 2 heterocycles. The van der Waals surface area contributed by atoms with Crippen LogP contribution in [-0.2, 0) is 6.54 Å². The number of amides is 1. The van der Waals surface area contributed by atoms with Gasteiger partial charge in [-0.25, -0.2) is 0 Å². The molecule has 26 heavy (non-hydrogen) atoms. The summed E-state index contributed by atoms with van der Waals surface area (Å²) >= 11 is 12.1. The van der Waals surface area contributed by atoms with Crippen molar-refractivity contribution in [3.63, 3.8) is 0 Å². The van der Waals surface area contributed by atoms with Crippen molar-refractivity contribution in [1.82, 2.24) is 25.3 Å². The highest BCUT2D eigenvalue weighted by Gasteiger charge is 2.18. The van der Waals surface area contributed by atoms with Gasteiger partial charge < -0.3 is 5.32 Å². The summed E-state index contributed by atoms with van der Waals surface area (Å²) in [5, 5.41) is 15.2. The summed E-state index contributed by atoms with van der Waals surface area (Å²) in [6.45, 7) is 6.74. The highest BCUT2D eigenvalue weighted by atomic mass is 35.5. The van der Waals surface area contributed by atoms with Crippen LogP contribution in [0.25, 0.3) is 11.3 Å². The molecule has 0 saturated carbocycles. The largest absolute Gasteiger partial charge is 0.344 e. The number of rotatable bonds is 5. The Kier molecular flexibility index (Phi) is 5.34. The molecule has 0 fully saturated rings. The van der Waals surface area contributed by atoms with E-state index in [0.717, 1.165) is 17.8 Å². The summed E-state index contributed by atoms with van der Waals surface area (Å²) in [5.41, 5.74) is 3.68. The van der Waals surface area contributed by atoms with Crippen molar-refractivity contribution in [1.29, 1.82) is 0 Å². The second-order valence-corrected chi connectivity index (χ2v) is 6.83. The molecule has 0 radical (unpaired) electrons. The van der Waals surface area contributed by atoms with E-state index in [1.54, 1.807) is 30.5 Å². The molecule has 8 heteroatoms. The quantitative estimate of drug-likeness (QED) is 0.676. The molecule has 1 atom stereocenters. The molecule has 0 spiro atoms. The fourth-order valence-electron chi connectivity index (χ4n) is 2.83. The number of halogens is 2. The number of carbonyl (C=O) groups is 1. The zero-order valence-corrected chi connectivity index (χ0v) is 16.2. The van der Waals surface area contributed by atoms with Gasteiger partial charge in [0, 0.05) is 28.4 Å². The van der Waals surface area contributed by atoms with E-state index in [4.69, 9.17) is 23.2 Å². The lowest BCUT2D eigenvalue weighted by atomic mass is 10.1. The molecule has 3 aromatic rings. The average Bonchev–Trinajstić information content (AvgIpc) is 3.21. The Labute approximate surface area is 161 Å². The average molecular weight is 392 g/mol. The molecule has 1 aromatic carbocycles. The van der Waals surface area contributed by atoms with Gasteiger partial charge in [0.15, 0.2) is 0 Å². The minimum atomic E-state index is -0.245. The minimum Gasteiger partial charge on any atom is -0.344 e. The molecular weight excluding hydrogens is 373 g/mol.